The summed E-state index contributed by atoms with van der Waals surface area (Å²) >= 11 is 0. The van der Waals surface area contributed by atoms with Crippen molar-refractivity contribution >= 4 is 5.97 Å². The zero-order valence-electron chi connectivity index (χ0n) is 8.53. The number of aromatic carboxylic acids is 1. The SMILES string of the molecule is Cc1cc(C(C)O)cc(C(=O)O)c1C. The lowest BCUT2D eigenvalue weighted by molar-refractivity contribution is 0.0695. The van der Waals surface area contributed by atoms with Crippen LogP contribution in [0.4, 0.5) is 0 Å². The highest BCUT2D eigenvalue weighted by molar-refractivity contribution is 5.90. The zero-order chi connectivity index (χ0) is 10.9. The molecule has 0 spiro atoms. The first-order valence-electron chi connectivity index (χ1n) is 4.46. The minimum Gasteiger partial charge on any atom is -0.478 e. The number of rotatable bonds is 2. The third-order valence-electron chi connectivity index (χ3n) is 2.40. The Hall–Kier alpha value is -1.35. The molecule has 76 valence electrons. The van der Waals surface area contributed by atoms with Crippen LogP contribution in [0.5, 0.6) is 0 Å². The minimum absolute atomic E-state index is 0.265. The molecule has 1 aromatic rings. The van der Waals surface area contributed by atoms with E-state index in [1.165, 1.54) is 6.07 Å². The summed E-state index contributed by atoms with van der Waals surface area (Å²) in [4.78, 5) is 10.9. The summed E-state index contributed by atoms with van der Waals surface area (Å²) in [6.07, 6.45) is -0.632. The van der Waals surface area contributed by atoms with Crippen molar-refractivity contribution in [2.45, 2.75) is 26.9 Å². The van der Waals surface area contributed by atoms with Crippen LogP contribution in [0.3, 0.4) is 0 Å². The van der Waals surface area contributed by atoms with E-state index in [2.05, 4.69) is 0 Å². The van der Waals surface area contributed by atoms with Crippen LogP contribution < -0.4 is 0 Å². The summed E-state index contributed by atoms with van der Waals surface area (Å²) in [6, 6.07) is 3.34. The second-order valence-corrected chi connectivity index (χ2v) is 3.49. The second kappa shape index (κ2) is 3.80. The fourth-order valence-electron chi connectivity index (χ4n) is 1.35. The summed E-state index contributed by atoms with van der Waals surface area (Å²) < 4.78 is 0. The summed E-state index contributed by atoms with van der Waals surface area (Å²) in [5, 5.41) is 18.3. The van der Waals surface area contributed by atoms with E-state index in [-0.39, 0.29) is 5.56 Å². The van der Waals surface area contributed by atoms with Crippen LogP contribution in [0, 0.1) is 13.8 Å². The van der Waals surface area contributed by atoms with Gasteiger partial charge in [-0.1, -0.05) is 6.07 Å². The number of aryl methyl sites for hydroxylation is 1. The fourth-order valence-corrected chi connectivity index (χ4v) is 1.35. The Morgan fingerprint density at radius 1 is 1.36 bits per heavy atom. The number of benzene rings is 1. The van der Waals surface area contributed by atoms with E-state index < -0.39 is 12.1 Å². The van der Waals surface area contributed by atoms with Gasteiger partial charge in [-0.3, -0.25) is 0 Å². The molecule has 1 atom stereocenters. The van der Waals surface area contributed by atoms with Crippen LogP contribution in [0.1, 0.15) is 40.1 Å². The Balaban J connectivity index is 3.35. The maximum absolute atomic E-state index is 10.9. The molecule has 0 bridgehead atoms. The molecule has 2 N–H and O–H groups in total. The quantitative estimate of drug-likeness (QED) is 0.757. The standard InChI is InChI=1S/C11H14O3/c1-6-4-9(8(3)12)5-10(7(6)2)11(13)14/h4-5,8,12H,1-3H3,(H,13,14). The van der Waals surface area contributed by atoms with E-state index in [1.54, 1.807) is 13.8 Å². The molecule has 0 radical (unpaired) electrons. The van der Waals surface area contributed by atoms with Gasteiger partial charge >= 0.3 is 5.97 Å². The Morgan fingerprint density at radius 3 is 2.36 bits per heavy atom. The van der Waals surface area contributed by atoms with Gasteiger partial charge in [-0.15, -0.1) is 0 Å². The molecular formula is C11H14O3. The average Bonchev–Trinajstić information content (AvgIpc) is 2.08. The summed E-state index contributed by atoms with van der Waals surface area (Å²) in [6.45, 7) is 5.23. The van der Waals surface area contributed by atoms with E-state index >= 15 is 0 Å². The summed E-state index contributed by atoms with van der Waals surface area (Å²) in [5.74, 6) is -0.951. The number of carboxylic acid groups (broad SMARTS) is 1. The number of carbonyl (C=O) groups is 1. The lowest BCUT2D eigenvalue weighted by Gasteiger charge is -2.10. The summed E-state index contributed by atoms with van der Waals surface area (Å²) in [5.41, 5.74) is 2.55. The summed E-state index contributed by atoms with van der Waals surface area (Å²) in [7, 11) is 0. The number of hydrogen-bond acceptors (Lipinski definition) is 2. The number of hydrogen-bond donors (Lipinski definition) is 2. The van der Waals surface area contributed by atoms with Crippen molar-refractivity contribution in [2.75, 3.05) is 0 Å². The van der Waals surface area contributed by atoms with Gasteiger partial charge in [0.25, 0.3) is 0 Å². The van der Waals surface area contributed by atoms with E-state index in [0.717, 1.165) is 11.1 Å². The third kappa shape index (κ3) is 1.93. The first-order valence-corrected chi connectivity index (χ1v) is 4.46. The van der Waals surface area contributed by atoms with Gasteiger partial charge in [0.15, 0.2) is 0 Å². The zero-order valence-corrected chi connectivity index (χ0v) is 8.53. The van der Waals surface area contributed by atoms with Gasteiger partial charge in [0.05, 0.1) is 11.7 Å². The Kier molecular flexibility index (Phi) is 2.91. The van der Waals surface area contributed by atoms with Crippen molar-refractivity contribution in [3.05, 3.63) is 34.4 Å². The molecule has 1 rings (SSSR count). The molecule has 0 aliphatic heterocycles. The molecule has 0 amide bonds. The molecule has 0 aliphatic rings. The molecule has 0 saturated carbocycles. The molecule has 0 heterocycles. The third-order valence-corrected chi connectivity index (χ3v) is 2.40. The van der Waals surface area contributed by atoms with Gasteiger partial charge in [0.2, 0.25) is 0 Å². The monoisotopic (exact) mass is 194 g/mol. The predicted molar refractivity (Wildman–Crippen MR) is 53.5 cm³/mol. The molecule has 1 unspecified atom stereocenters. The van der Waals surface area contributed by atoms with Crippen LogP contribution in [0.15, 0.2) is 12.1 Å². The van der Waals surface area contributed by atoms with Crippen LogP contribution in [0.25, 0.3) is 0 Å². The van der Waals surface area contributed by atoms with Crippen molar-refractivity contribution in [3.8, 4) is 0 Å². The lowest BCUT2D eigenvalue weighted by Crippen LogP contribution is -2.04. The molecule has 14 heavy (non-hydrogen) atoms. The van der Waals surface area contributed by atoms with Gasteiger partial charge in [-0.25, -0.2) is 4.79 Å². The van der Waals surface area contributed by atoms with Gasteiger partial charge < -0.3 is 10.2 Å². The van der Waals surface area contributed by atoms with Crippen molar-refractivity contribution in [3.63, 3.8) is 0 Å². The molecule has 0 fully saturated rings. The largest absolute Gasteiger partial charge is 0.478 e. The number of carboxylic acids is 1. The van der Waals surface area contributed by atoms with E-state index in [9.17, 15) is 9.90 Å². The van der Waals surface area contributed by atoms with Crippen LogP contribution in [0.2, 0.25) is 0 Å². The maximum atomic E-state index is 10.9. The Morgan fingerprint density at radius 2 is 1.93 bits per heavy atom. The predicted octanol–water partition coefficient (Wildman–Crippen LogP) is 2.05. The highest BCUT2D eigenvalue weighted by Crippen LogP contribution is 2.20. The lowest BCUT2D eigenvalue weighted by atomic mass is 9.97. The van der Waals surface area contributed by atoms with Gasteiger partial charge in [0.1, 0.15) is 0 Å². The molecule has 3 heteroatoms. The van der Waals surface area contributed by atoms with Crippen molar-refractivity contribution in [2.24, 2.45) is 0 Å². The fraction of sp³-hybridized carbons (Fsp3) is 0.364. The normalized spacial score (nSPS) is 12.6. The Labute approximate surface area is 83.0 Å². The van der Waals surface area contributed by atoms with Gasteiger partial charge in [0, 0.05) is 0 Å². The molecule has 3 nitrogen and oxygen atoms in total. The highest BCUT2D eigenvalue weighted by Gasteiger charge is 2.12. The molecular weight excluding hydrogens is 180 g/mol. The minimum atomic E-state index is -0.951. The van der Waals surface area contributed by atoms with Gasteiger partial charge in [-0.05, 0) is 43.5 Å². The number of aliphatic hydroxyl groups excluding tert-OH is 1. The first kappa shape index (κ1) is 10.7. The molecule has 1 aromatic carbocycles. The molecule has 0 saturated heterocycles. The van der Waals surface area contributed by atoms with Crippen molar-refractivity contribution < 1.29 is 15.0 Å². The average molecular weight is 194 g/mol. The second-order valence-electron chi connectivity index (χ2n) is 3.49. The van der Waals surface area contributed by atoms with E-state index in [0.29, 0.717) is 5.56 Å². The van der Waals surface area contributed by atoms with Crippen LogP contribution in [-0.4, -0.2) is 16.2 Å². The van der Waals surface area contributed by atoms with Crippen molar-refractivity contribution in [1.29, 1.82) is 0 Å². The maximum Gasteiger partial charge on any atom is 0.335 e. The molecule has 0 aliphatic carbocycles. The van der Waals surface area contributed by atoms with Crippen LogP contribution in [-0.2, 0) is 0 Å². The van der Waals surface area contributed by atoms with E-state index in [4.69, 9.17) is 5.11 Å². The molecule has 0 aromatic heterocycles. The highest BCUT2D eigenvalue weighted by atomic mass is 16.4. The van der Waals surface area contributed by atoms with Crippen LogP contribution >= 0.6 is 0 Å². The smallest absolute Gasteiger partial charge is 0.335 e. The topological polar surface area (TPSA) is 57.5 Å². The van der Waals surface area contributed by atoms with Crippen molar-refractivity contribution in [1.82, 2.24) is 0 Å². The van der Waals surface area contributed by atoms with E-state index in [1.807, 2.05) is 13.0 Å². The first-order chi connectivity index (χ1) is 6.43. The Bertz CT molecular complexity index is 367. The number of aliphatic hydroxyl groups is 1. The van der Waals surface area contributed by atoms with Gasteiger partial charge in [-0.2, -0.15) is 0 Å².